The van der Waals surface area contributed by atoms with Crippen molar-refractivity contribution in [1.82, 2.24) is 5.32 Å². The summed E-state index contributed by atoms with van der Waals surface area (Å²) in [7, 11) is 0. The third-order valence-electron chi connectivity index (χ3n) is 4.42. The Morgan fingerprint density at radius 1 is 1.04 bits per heavy atom. The van der Waals surface area contributed by atoms with E-state index in [-0.39, 0.29) is 5.91 Å². The van der Waals surface area contributed by atoms with E-state index in [1.807, 2.05) is 18.2 Å². The van der Waals surface area contributed by atoms with Gasteiger partial charge in [0.25, 0.3) is 5.91 Å². The molecule has 0 atom stereocenters. The minimum absolute atomic E-state index is 0.0125. The van der Waals surface area contributed by atoms with E-state index in [0.717, 1.165) is 35.5 Å². The van der Waals surface area contributed by atoms with Crippen LogP contribution in [-0.2, 0) is 18.6 Å². The van der Waals surface area contributed by atoms with E-state index < -0.39 is 0 Å². The van der Waals surface area contributed by atoms with E-state index in [9.17, 15) is 4.79 Å². The van der Waals surface area contributed by atoms with Crippen LogP contribution in [0, 0.1) is 0 Å². The molecule has 1 aliphatic rings. The standard InChI is InChI=1S/C20H21Cl2NOS/c21-18-8-7-17(19(22)12-18)13-25-10-9-23-20(24)16-6-5-14-3-1-2-4-15(14)11-16/h5-8,11-12H,1-4,9-10,13H2,(H,23,24). The number of carbonyl (C=O) groups excluding carboxylic acids is 1. The summed E-state index contributed by atoms with van der Waals surface area (Å²) in [5, 5.41) is 4.34. The van der Waals surface area contributed by atoms with Gasteiger partial charge < -0.3 is 5.32 Å². The summed E-state index contributed by atoms with van der Waals surface area (Å²) in [5.74, 6) is 1.67. The number of fused-ring (bicyclic) bond motifs is 1. The molecule has 0 spiro atoms. The zero-order valence-corrected chi connectivity index (χ0v) is 16.3. The van der Waals surface area contributed by atoms with Crippen LogP contribution in [0.25, 0.3) is 0 Å². The lowest BCUT2D eigenvalue weighted by Crippen LogP contribution is -2.26. The Bertz CT molecular complexity index is 763. The van der Waals surface area contributed by atoms with Crippen LogP contribution in [0.4, 0.5) is 0 Å². The molecule has 2 aromatic rings. The van der Waals surface area contributed by atoms with Gasteiger partial charge in [0, 0.05) is 33.7 Å². The number of halogens is 2. The van der Waals surface area contributed by atoms with E-state index in [2.05, 4.69) is 17.4 Å². The van der Waals surface area contributed by atoms with Crippen LogP contribution in [0.1, 0.15) is 39.9 Å². The summed E-state index contributed by atoms with van der Waals surface area (Å²) < 4.78 is 0. The van der Waals surface area contributed by atoms with Gasteiger partial charge in [-0.15, -0.1) is 0 Å². The van der Waals surface area contributed by atoms with Gasteiger partial charge in [-0.3, -0.25) is 4.79 Å². The molecule has 25 heavy (non-hydrogen) atoms. The number of nitrogens with one attached hydrogen (secondary N) is 1. The van der Waals surface area contributed by atoms with Gasteiger partial charge in [0.2, 0.25) is 0 Å². The molecule has 0 fully saturated rings. The van der Waals surface area contributed by atoms with E-state index in [0.29, 0.717) is 16.6 Å². The van der Waals surface area contributed by atoms with E-state index in [1.165, 1.54) is 24.0 Å². The van der Waals surface area contributed by atoms with Gasteiger partial charge in [-0.05, 0) is 66.6 Å². The first-order valence-electron chi connectivity index (χ1n) is 8.55. The minimum atomic E-state index is 0.0125. The molecular formula is C20H21Cl2NOS. The number of hydrogen-bond acceptors (Lipinski definition) is 2. The molecule has 0 unspecified atom stereocenters. The first-order chi connectivity index (χ1) is 12.1. The quantitative estimate of drug-likeness (QED) is 0.653. The fraction of sp³-hybridized carbons (Fsp3) is 0.350. The van der Waals surface area contributed by atoms with Crippen LogP contribution in [0.5, 0.6) is 0 Å². The molecule has 0 aromatic heterocycles. The van der Waals surface area contributed by atoms with Gasteiger partial charge in [0.05, 0.1) is 0 Å². The molecule has 2 aromatic carbocycles. The molecule has 1 amide bonds. The van der Waals surface area contributed by atoms with Crippen molar-refractivity contribution >= 4 is 40.9 Å². The molecule has 0 aliphatic heterocycles. The molecule has 0 heterocycles. The van der Waals surface area contributed by atoms with Crippen molar-refractivity contribution in [2.75, 3.05) is 12.3 Å². The predicted octanol–water partition coefficient (Wildman–Crippen LogP) is 5.54. The molecule has 5 heteroatoms. The zero-order valence-electron chi connectivity index (χ0n) is 14.0. The largest absolute Gasteiger partial charge is 0.351 e. The average Bonchev–Trinajstić information content (AvgIpc) is 2.62. The Hall–Kier alpha value is -1.16. The molecule has 0 saturated carbocycles. The minimum Gasteiger partial charge on any atom is -0.351 e. The maximum Gasteiger partial charge on any atom is 0.251 e. The molecule has 1 aliphatic carbocycles. The van der Waals surface area contributed by atoms with Crippen LogP contribution in [0.2, 0.25) is 10.0 Å². The normalized spacial score (nSPS) is 13.4. The Balaban J connectivity index is 1.43. The van der Waals surface area contributed by atoms with Crippen LogP contribution in [0.15, 0.2) is 36.4 Å². The highest BCUT2D eigenvalue weighted by molar-refractivity contribution is 7.98. The van der Waals surface area contributed by atoms with Crippen LogP contribution in [0.3, 0.4) is 0 Å². The number of benzene rings is 2. The van der Waals surface area contributed by atoms with Crippen molar-refractivity contribution in [1.29, 1.82) is 0 Å². The Labute approximate surface area is 163 Å². The van der Waals surface area contributed by atoms with Crippen molar-refractivity contribution in [2.24, 2.45) is 0 Å². The highest BCUT2D eigenvalue weighted by Crippen LogP contribution is 2.25. The van der Waals surface area contributed by atoms with Crippen molar-refractivity contribution in [3.8, 4) is 0 Å². The summed E-state index contributed by atoms with van der Waals surface area (Å²) in [6, 6.07) is 11.7. The number of rotatable bonds is 6. The van der Waals surface area contributed by atoms with Gasteiger partial charge in [-0.2, -0.15) is 11.8 Å². The second-order valence-corrected chi connectivity index (χ2v) is 8.18. The molecule has 3 rings (SSSR count). The molecule has 0 bridgehead atoms. The summed E-state index contributed by atoms with van der Waals surface area (Å²) >= 11 is 13.8. The van der Waals surface area contributed by atoms with Crippen molar-refractivity contribution < 1.29 is 4.79 Å². The Kier molecular flexibility index (Phi) is 6.69. The predicted molar refractivity (Wildman–Crippen MR) is 108 cm³/mol. The highest BCUT2D eigenvalue weighted by atomic mass is 35.5. The fourth-order valence-corrected chi connectivity index (χ4v) is 4.45. The van der Waals surface area contributed by atoms with Gasteiger partial charge in [0.15, 0.2) is 0 Å². The lowest BCUT2D eigenvalue weighted by molar-refractivity contribution is 0.0956. The van der Waals surface area contributed by atoms with Crippen LogP contribution >= 0.6 is 35.0 Å². The number of hydrogen-bond donors (Lipinski definition) is 1. The number of thioether (sulfide) groups is 1. The monoisotopic (exact) mass is 393 g/mol. The van der Waals surface area contributed by atoms with Gasteiger partial charge in [-0.1, -0.05) is 35.3 Å². The molecule has 1 N–H and O–H groups in total. The number of amides is 1. The van der Waals surface area contributed by atoms with Crippen LogP contribution in [-0.4, -0.2) is 18.2 Å². The summed E-state index contributed by atoms with van der Waals surface area (Å²) in [6.45, 7) is 0.645. The smallest absolute Gasteiger partial charge is 0.251 e. The van der Waals surface area contributed by atoms with Crippen molar-refractivity contribution in [2.45, 2.75) is 31.4 Å². The lowest BCUT2D eigenvalue weighted by Gasteiger charge is -2.16. The first kappa shape index (κ1) is 18.6. The molecule has 132 valence electrons. The van der Waals surface area contributed by atoms with E-state index in [1.54, 1.807) is 17.8 Å². The fourth-order valence-electron chi connectivity index (χ4n) is 3.03. The lowest BCUT2D eigenvalue weighted by atomic mass is 9.90. The maximum absolute atomic E-state index is 12.3. The first-order valence-corrected chi connectivity index (χ1v) is 10.5. The molecular weight excluding hydrogens is 373 g/mol. The summed E-state index contributed by atoms with van der Waals surface area (Å²) in [4.78, 5) is 12.3. The highest BCUT2D eigenvalue weighted by Gasteiger charge is 2.12. The summed E-state index contributed by atoms with van der Waals surface area (Å²) in [6.07, 6.45) is 4.71. The van der Waals surface area contributed by atoms with Gasteiger partial charge >= 0.3 is 0 Å². The second kappa shape index (κ2) is 8.98. The van der Waals surface area contributed by atoms with Crippen molar-refractivity contribution in [3.63, 3.8) is 0 Å². The van der Waals surface area contributed by atoms with Crippen molar-refractivity contribution in [3.05, 3.63) is 68.7 Å². The maximum atomic E-state index is 12.3. The molecule has 2 nitrogen and oxygen atoms in total. The SMILES string of the molecule is O=C(NCCSCc1ccc(Cl)cc1Cl)c1ccc2c(c1)CCCC2. The third-order valence-corrected chi connectivity index (χ3v) is 6.01. The topological polar surface area (TPSA) is 29.1 Å². The Morgan fingerprint density at radius 3 is 2.64 bits per heavy atom. The van der Waals surface area contributed by atoms with Crippen LogP contribution < -0.4 is 5.32 Å². The molecule has 0 saturated heterocycles. The Morgan fingerprint density at radius 2 is 1.84 bits per heavy atom. The molecule has 0 radical (unpaired) electrons. The van der Waals surface area contributed by atoms with Gasteiger partial charge in [-0.25, -0.2) is 0 Å². The average molecular weight is 394 g/mol. The van der Waals surface area contributed by atoms with E-state index >= 15 is 0 Å². The van der Waals surface area contributed by atoms with Gasteiger partial charge in [0.1, 0.15) is 0 Å². The third kappa shape index (κ3) is 5.16. The summed E-state index contributed by atoms with van der Waals surface area (Å²) in [5.41, 5.74) is 4.58. The number of aryl methyl sites for hydroxylation is 2. The second-order valence-electron chi connectivity index (χ2n) is 6.23. The van der Waals surface area contributed by atoms with E-state index in [4.69, 9.17) is 23.2 Å². The number of carbonyl (C=O) groups is 1. The zero-order chi connectivity index (χ0) is 17.6.